The van der Waals surface area contributed by atoms with Crippen LogP contribution in [0.15, 0.2) is 78.0 Å². The number of aromatic nitrogens is 3. The van der Waals surface area contributed by atoms with Gasteiger partial charge in [0.05, 0.1) is 11.8 Å². The number of hydrogen-bond donors (Lipinski definition) is 1. The number of hydrogen-bond acceptors (Lipinski definition) is 6. The molecule has 3 aromatic carbocycles. The summed E-state index contributed by atoms with van der Waals surface area (Å²) in [5.41, 5.74) is 2.44. The second-order valence-electron chi connectivity index (χ2n) is 7.99. The molecule has 0 radical (unpaired) electrons. The molecule has 0 spiro atoms. The van der Waals surface area contributed by atoms with Gasteiger partial charge in [0.1, 0.15) is 19.0 Å². The zero-order chi connectivity index (χ0) is 24.2. The van der Waals surface area contributed by atoms with Gasteiger partial charge < -0.3 is 14.8 Å². The molecule has 178 valence electrons. The highest BCUT2D eigenvalue weighted by Gasteiger charge is 2.22. The number of halogens is 1. The van der Waals surface area contributed by atoms with Crippen molar-refractivity contribution in [2.45, 2.75) is 23.9 Å². The molecule has 1 aromatic heterocycles. The topological polar surface area (TPSA) is 78.3 Å². The lowest BCUT2D eigenvalue weighted by atomic mass is 10.2. The molecule has 1 aliphatic rings. The number of thioether (sulfide) groups is 1. The van der Waals surface area contributed by atoms with Crippen LogP contribution < -0.4 is 14.8 Å². The highest BCUT2D eigenvalue weighted by Crippen LogP contribution is 2.33. The van der Waals surface area contributed by atoms with Crippen molar-refractivity contribution >= 4 is 23.4 Å². The van der Waals surface area contributed by atoms with Crippen LogP contribution in [-0.2, 0) is 11.3 Å². The van der Waals surface area contributed by atoms with Crippen LogP contribution in [0.2, 0.25) is 0 Å². The van der Waals surface area contributed by atoms with Crippen molar-refractivity contribution < 1.29 is 18.7 Å². The number of rotatable bonds is 7. The van der Waals surface area contributed by atoms with Gasteiger partial charge in [0.25, 0.3) is 0 Å². The van der Waals surface area contributed by atoms with E-state index in [4.69, 9.17) is 9.47 Å². The van der Waals surface area contributed by atoms with E-state index in [2.05, 4.69) is 15.5 Å². The van der Waals surface area contributed by atoms with Crippen LogP contribution in [0.5, 0.6) is 11.5 Å². The standard InChI is InChI=1S/C26H23FN4O3S/c1-17(25(32)28-21-11-12-22-23(15-21)34-14-13-33-22)35-26-30-29-24(19-7-9-20(27)10-8-19)31(26)16-18-5-3-2-4-6-18/h2-12,15,17H,13-14,16H2,1H3,(H,28,32)/t17-/m1/s1. The Morgan fingerprint density at radius 3 is 2.54 bits per heavy atom. The third-order valence-corrected chi connectivity index (χ3v) is 6.54. The van der Waals surface area contributed by atoms with Crippen LogP contribution in [0, 0.1) is 5.82 Å². The molecule has 1 atom stereocenters. The Morgan fingerprint density at radius 2 is 1.77 bits per heavy atom. The maximum Gasteiger partial charge on any atom is 0.237 e. The predicted octanol–water partition coefficient (Wildman–Crippen LogP) is 5.02. The number of carbonyl (C=O) groups excluding carboxylic acids is 1. The summed E-state index contributed by atoms with van der Waals surface area (Å²) in [6, 6.07) is 21.4. The highest BCUT2D eigenvalue weighted by atomic mass is 32.2. The average molecular weight is 491 g/mol. The normalized spacial score (nSPS) is 13.3. The largest absolute Gasteiger partial charge is 0.486 e. The van der Waals surface area contributed by atoms with E-state index in [0.717, 1.165) is 11.1 Å². The lowest BCUT2D eigenvalue weighted by Gasteiger charge is -2.19. The van der Waals surface area contributed by atoms with Gasteiger partial charge in [-0.25, -0.2) is 4.39 Å². The van der Waals surface area contributed by atoms with Gasteiger partial charge in [-0.3, -0.25) is 9.36 Å². The van der Waals surface area contributed by atoms with Gasteiger partial charge in [-0.1, -0.05) is 42.1 Å². The van der Waals surface area contributed by atoms with Crippen molar-refractivity contribution in [2.24, 2.45) is 0 Å². The average Bonchev–Trinajstić information content (AvgIpc) is 3.26. The number of benzene rings is 3. The summed E-state index contributed by atoms with van der Waals surface area (Å²) in [6.07, 6.45) is 0. The number of fused-ring (bicyclic) bond motifs is 1. The molecular weight excluding hydrogens is 467 g/mol. The summed E-state index contributed by atoms with van der Waals surface area (Å²) in [5.74, 6) is 1.39. The van der Waals surface area contributed by atoms with Crippen LogP contribution >= 0.6 is 11.8 Å². The van der Waals surface area contributed by atoms with Crippen LogP contribution in [0.3, 0.4) is 0 Å². The SMILES string of the molecule is C[C@@H](Sc1nnc(-c2ccc(F)cc2)n1Cc1ccccc1)C(=O)Nc1ccc2c(c1)OCCO2. The molecule has 5 rings (SSSR count). The Kier molecular flexibility index (Phi) is 6.67. The molecule has 0 saturated carbocycles. The van der Waals surface area contributed by atoms with Crippen LogP contribution in [-0.4, -0.2) is 39.1 Å². The van der Waals surface area contributed by atoms with Crippen LogP contribution in [0.25, 0.3) is 11.4 Å². The summed E-state index contributed by atoms with van der Waals surface area (Å²) < 4.78 is 26.6. The number of anilines is 1. The van der Waals surface area contributed by atoms with Gasteiger partial charge >= 0.3 is 0 Å². The van der Waals surface area contributed by atoms with E-state index in [1.54, 1.807) is 30.3 Å². The van der Waals surface area contributed by atoms with Gasteiger partial charge in [-0.05, 0) is 48.9 Å². The first-order valence-corrected chi connectivity index (χ1v) is 12.0. The van der Waals surface area contributed by atoms with E-state index >= 15 is 0 Å². The van der Waals surface area contributed by atoms with Crippen LogP contribution in [0.4, 0.5) is 10.1 Å². The van der Waals surface area contributed by atoms with E-state index in [0.29, 0.717) is 47.9 Å². The lowest BCUT2D eigenvalue weighted by Crippen LogP contribution is -2.23. The summed E-state index contributed by atoms with van der Waals surface area (Å²) in [6.45, 7) is 3.32. The Morgan fingerprint density at radius 1 is 1.03 bits per heavy atom. The molecule has 4 aromatic rings. The minimum Gasteiger partial charge on any atom is -0.486 e. The summed E-state index contributed by atoms with van der Waals surface area (Å²) in [5, 5.41) is 11.8. The Balaban J connectivity index is 1.36. The summed E-state index contributed by atoms with van der Waals surface area (Å²) >= 11 is 1.31. The van der Waals surface area contributed by atoms with Crippen molar-refractivity contribution in [3.63, 3.8) is 0 Å². The maximum absolute atomic E-state index is 13.5. The van der Waals surface area contributed by atoms with Gasteiger partial charge in [0, 0.05) is 17.3 Å². The van der Waals surface area contributed by atoms with Crippen molar-refractivity contribution in [1.82, 2.24) is 14.8 Å². The maximum atomic E-state index is 13.5. The first kappa shape index (κ1) is 22.9. The Labute approximate surface area is 206 Å². The molecule has 2 heterocycles. The fraction of sp³-hybridized carbons (Fsp3) is 0.192. The molecule has 1 amide bonds. The van der Waals surface area contributed by atoms with Gasteiger partial charge in [-0.15, -0.1) is 10.2 Å². The highest BCUT2D eigenvalue weighted by molar-refractivity contribution is 8.00. The third kappa shape index (κ3) is 5.30. The predicted molar refractivity (Wildman–Crippen MR) is 132 cm³/mol. The quantitative estimate of drug-likeness (QED) is 0.367. The molecule has 0 fully saturated rings. The first-order chi connectivity index (χ1) is 17.1. The van der Waals surface area contributed by atoms with E-state index in [-0.39, 0.29) is 11.7 Å². The smallest absolute Gasteiger partial charge is 0.237 e. The van der Waals surface area contributed by atoms with Gasteiger partial charge in [0.2, 0.25) is 5.91 Å². The first-order valence-electron chi connectivity index (χ1n) is 11.2. The number of nitrogens with one attached hydrogen (secondary N) is 1. The van der Waals surface area contributed by atoms with E-state index < -0.39 is 5.25 Å². The van der Waals surface area contributed by atoms with Gasteiger partial charge in [0.15, 0.2) is 22.5 Å². The Hall–Kier alpha value is -3.85. The monoisotopic (exact) mass is 490 g/mol. The molecule has 35 heavy (non-hydrogen) atoms. The minimum atomic E-state index is -0.456. The fourth-order valence-corrected chi connectivity index (χ4v) is 4.52. The molecule has 0 saturated heterocycles. The summed E-state index contributed by atoms with van der Waals surface area (Å²) in [4.78, 5) is 13.0. The second kappa shape index (κ2) is 10.2. The number of carbonyl (C=O) groups is 1. The zero-order valence-electron chi connectivity index (χ0n) is 19.0. The number of nitrogens with zero attached hydrogens (tertiary/aromatic N) is 3. The molecule has 0 bridgehead atoms. The van der Waals surface area contributed by atoms with Crippen molar-refractivity contribution in [3.05, 3.63) is 84.2 Å². The van der Waals surface area contributed by atoms with Gasteiger partial charge in [-0.2, -0.15) is 0 Å². The van der Waals surface area contributed by atoms with Crippen LogP contribution in [0.1, 0.15) is 12.5 Å². The summed E-state index contributed by atoms with van der Waals surface area (Å²) in [7, 11) is 0. The number of amides is 1. The zero-order valence-corrected chi connectivity index (χ0v) is 19.8. The molecule has 1 N–H and O–H groups in total. The van der Waals surface area contributed by atoms with E-state index in [1.807, 2.05) is 41.8 Å². The molecule has 0 unspecified atom stereocenters. The third-order valence-electron chi connectivity index (χ3n) is 5.46. The minimum absolute atomic E-state index is 0.177. The van der Waals surface area contributed by atoms with Crippen molar-refractivity contribution in [3.8, 4) is 22.9 Å². The van der Waals surface area contributed by atoms with Crippen molar-refractivity contribution in [1.29, 1.82) is 0 Å². The van der Waals surface area contributed by atoms with E-state index in [9.17, 15) is 9.18 Å². The molecule has 0 aliphatic carbocycles. The molecule has 7 nitrogen and oxygen atoms in total. The molecule has 9 heteroatoms. The second-order valence-corrected chi connectivity index (χ2v) is 9.30. The van der Waals surface area contributed by atoms with Crippen molar-refractivity contribution in [2.75, 3.05) is 18.5 Å². The molecular formula is C26H23FN4O3S. The van der Waals surface area contributed by atoms with E-state index in [1.165, 1.54) is 23.9 Å². The fourth-order valence-electron chi connectivity index (χ4n) is 3.67. The number of ether oxygens (including phenoxy) is 2. The lowest BCUT2D eigenvalue weighted by molar-refractivity contribution is -0.115. The molecule has 1 aliphatic heterocycles. The Bertz CT molecular complexity index is 1330.